The Balaban J connectivity index is 3.14. The Bertz CT molecular complexity index is 160. The molecule has 0 radical (unpaired) electrons. The summed E-state index contributed by atoms with van der Waals surface area (Å²) in [5.74, 6) is -0.0546. The summed E-state index contributed by atoms with van der Waals surface area (Å²) in [5.41, 5.74) is 5.16. The van der Waals surface area contributed by atoms with Crippen molar-refractivity contribution >= 4 is 11.8 Å². The molecule has 0 aromatic rings. The second-order valence-corrected chi connectivity index (χ2v) is 3.23. The standard InChI is InChI=1S/C10H19NO3/c1-14-10(13)7-5-3-2-4-6-9(12)8-11/h2-8,11H2,1H3. The first-order chi connectivity index (χ1) is 6.70. The average Bonchev–Trinajstić information content (AvgIpc) is 2.22. The molecule has 4 heteroatoms. The third kappa shape index (κ3) is 7.73. The van der Waals surface area contributed by atoms with Gasteiger partial charge in [0.25, 0.3) is 0 Å². The van der Waals surface area contributed by atoms with Gasteiger partial charge >= 0.3 is 5.97 Å². The van der Waals surface area contributed by atoms with Gasteiger partial charge in [-0.2, -0.15) is 0 Å². The summed E-state index contributed by atoms with van der Waals surface area (Å²) in [4.78, 5) is 21.5. The highest BCUT2D eigenvalue weighted by atomic mass is 16.5. The fourth-order valence-corrected chi connectivity index (χ4v) is 1.15. The van der Waals surface area contributed by atoms with Crippen LogP contribution in [-0.2, 0) is 14.3 Å². The van der Waals surface area contributed by atoms with Crippen LogP contribution in [0.4, 0.5) is 0 Å². The lowest BCUT2D eigenvalue weighted by Gasteiger charge is -2.00. The molecular formula is C10H19NO3. The maximum absolute atomic E-state index is 10.8. The third-order valence-corrected chi connectivity index (χ3v) is 2.04. The Kier molecular flexibility index (Phi) is 8.13. The van der Waals surface area contributed by atoms with Gasteiger partial charge in [-0.15, -0.1) is 0 Å². The minimum Gasteiger partial charge on any atom is -0.469 e. The monoisotopic (exact) mass is 201 g/mol. The quantitative estimate of drug-likeness (QED) is 0.470. The van der Waals surface area contributed by atoms with Crippen LogP contribution in [0.2, 0.25) is 0 Å². The summed E-state index contributed by atoms with van der Waals surface area (Å²) in [6, 6.07) is 0. The van der Waals surface area contributed by atoms with Gasteiger partial charge in [0.15, 0.2) is 0 Å². The lowest BCUT2D eigenvalue weighted by molar-refractivity contribution is -0.140. The zero-order chi connectivity index (χ0) is 10.8. The molecule has 0 atom stereocenters. The number of rotatable bonds is 8. The Labute approximate surface area is 84.8 Å². The van der Waals surface area contributed by atoms with Crippen molar-refractivity contribution in [3.63, 3.8) is 0 Å². The van der Waals surface area contributed by atoms with Crippen LogP contribution in [0.25, 0.3) is 0 Å². The summed E-state index contributed by atoms with van der Waals surface area (Å²) < 4.78 is 4.50. The molecule has 0 saturated carbocycles. The fourth-order valence-electron chi connectivity index (χ4n) is 1.15. The third-order valence-electron chi connectivity index (χ3n) is 2.04. The van der Waals surface area contributed by atoms with Crippen molar-refractivity contribution in [2.45, 2.75) is 38.5 Å². The zero-order valence-electron chi connectivity index (χ0n) is 8.75. The van der Waals surface area contributed by atoms with E-state index in [2.05, 4.69) is 4.74 Å². The van der Waals surface area contributed by atoms with E-state index in [0.717, 1.165) is 25.7 Å². The molecule has 4 nitrogen and oxygen atoms in total. The minimum atomic E-state index is -0.164. The molecule has 0 heterocycles. The van der Waals surface area contributed by atoms with Gasteiger partial charge in [0.2, 0.25) is 0 Å². The van der Waals surface area contributed by atoms with Crippen molar-refractivity contribution in [1.82, 2.24) is 0 Å². The smallest absolute Gasteiger partial charge is 0.305 e. The lowest BCUT2D eigenvalue weighted by Crippen LogP contribution is -2.12. The highest BCUT2D eigenvalue weighted by Crippen LogP contribution is 2.05. The van der Waals surface area contributed by atoms with Crippen LogP contribution in [-0.4, -0.2) is 25.4 Å². The van der Waals surface area contributed by atoms with Gasteiger partial charge in [-0.25, -0.2) is 0 Å². The zero-order valence-corrected chi connectivity index (χ0v) is 8.75. The number of esters is 1. The van der Waals surface area contributed by atoms with Crippen molar-refractivity contribution in [1.29, 1.82) is 0 Å². The number of nitrogens with two attached hydrogens (primary N) is 1. The molecule has 82 valence electrons. The van der Waals surface area contributed by atoms with Crippen molar-refractivity contribution in [2.75, 3.05) is 13.7 Å². The Morgan fingerprint density at radius 3 is 2.14 bits per heavy atom. The fraction of sp³-hybridized carbons (Fsp3) is 0.800. The van der Waals surface area contributed by atoms with Crippen molar-refractivity contribution < 1.29 is 14.3 Å². The predicted molar refractivity (Wildman–Crippen MR) is 53.8 cm³/mol. The molecule has 0 aromatic heterocycles. The maximum atomic E-state index is 10.8. The Hall–Kier alpha value is -0.900. The van der Waals surface area contributed by atoms with E-state index in [1.165, 1.54) is 7.11 Å². The molecule has 0 fully saturated rings. The van der Waals surface area contributed by atoms with E-state index >= 15 is 0 Å². The highest BCUT2D eigenvalue weighted by molar-refractivity contribution is 5.80. The first-order valence-corrected chi connectivity index (χ1v) is 4.99. The second kappa shape index (κ2) is 8.69. The molecule has 0 aliphatic carbocycles. The topological polar surface area (TPSA) is 69.4 Å². The molecule has 0 aliphatic heterocycles. The summed E-state index contributed by atoms with van der Waals surface area (Å²) in [6.07, 6.45) is 4.69. The van der Waals surface area contributed by atoms with E-state index < -0.39 is 0 Å². The molecule has 2 N–H and O–H groups in total. The number of unbranched alkanes of at least 4 members (excludes halogenated alkanes) is 3. The number of methoxy groups -OCH3 is 1. The Morgan fingerprint density at radius 2 is 1.64 bits per heavy atom. The van der Waals surface area contributed by atoms with Crippen molar-refractivity contribution in [2.24, 2.45) is 5.73 Å². The summed E-state index contributed by atoms with van der Waals surface area (Å²) >= 11 is 0. The van der Waals surface area contributed by atoms with Crippen LogP contribution in [0.5, 0.6) is 0 Å². The van der Waals surface area contributed by atoms with E-state index in [-0.39, 0.29) is 18.3 Å². The number of hydrogen-bond donors (Lipinski definition) is 1. The van der Waals surface area contributed by atoms with Crippen molar-refractivity contribution in [3.05, 3.63) is 0 Å². The number of Topliss-reactive ketones (excluding diaryl/α,β-unsaturated/α-hetero) is 1. The molecule has 0 rings (SSSR count). The largest absolute Gasteiger partial charge is 0.469 e. The number of carbonyl (C=O) groups excluding carboxylic acids is 2. The molecule has 0 saturated heterocycles. The molecule has 14 heavy (non-hydrogen) atoms. The number of ether oxygens (including phenoxy) is 1. The molecule has 0 bridgehead atoms. The van der Waals surface area contributed by atoms with Gasteiger partial charge in [0, 0.05) is 12.8 Å². The molecule has 0 amide bonds. The normalized spacial score (nSPS) is 9.86. The number of hydrogen-bond acceptors (Lipinski definition) is 4. The first kappa shape index (κ1) is 13.1. The molecular weight excluding hydrogens is 182 g/mol. The van der Waals surface area contributed by atoms with Crippen LogP contribution >= 0.6 is 0 Å². The van der Waals surface area contributed by atoms with Gasteiger partial charge in [-0.05, 0) is 12.8 Å². The van der Waals surface area contributed by atoms with E-state index in [9.17, 15) is 9.59 Å². The predicted octanol–water partition coefficient (Wildman–Crippen LogP) is 1.03. The summed E-state index contributed by atoms with van der Waals surface area (Å²) in [7, 11) is 1.39. The second-order valence-electron chi connectivity index (χ2n) is 3.23. The first-order valence-electron chi connectivity index (χ1n) is 4.99. The van der Waals surface area contributed by atoms with Crippen molar-refractivity contribution in [3.8, 4) is 0 Å². The van der Waals surface area contributed by atoms with E-state index in [0.29, 0.717) is 12.8 Å². The van der Waals surface area contributed by atoms with Crippen LogP contribution < -0.4 is 5.73 Å². The van der Waals surface area contributed by atoms with Gasteiger partial charge < -0.3 is 10.5 Å². The highest BCUT2D eigenvalue weighted by Gasteiger charge is 2.00. The van der Waals surface area contributed by atoms with Gasteiger partial charge in [-0.3, -0.25) is 9.59 Å². The van der Waals surface area contributed by atoms with E-state index in [1.54, 1.807) is 0 Å². The minimum absolute atomic E-state index is 0.109. The lowest BCUT2D eigenvalue weighted by atomic mass is 10.1. The van der Waals surface area contributed by atoms with Crippen LogP contribution in [0.3, 0.4) is 0 Å². The van der Waals surface area contributed by atoms with Crippen LogP contribution in [0.15, 0.2) is 0 Å². The summed E-state index contributed by atoms with van der Waals surface area (Å²) in [6.45, 7) is 0.141. The maximum Gasteiger partial charge on any atom is 0.305 e. The van der Waals surface area contributed by atoms with E-state index in [1.807, 2.05) is 0 Å². The van der Waals surface area contributed by atoms with Gasteiger partial charge in [-0.1, -0.05) is 12.8 Å². The molecule has 0 aliphatic rings. The number of ketones is 1. The molecule has 0 unspecified atom stereocenters. The van der Waals surface area contributed by atoms with Gasteiger partial charge in [0.1, 0.15) is 5.78 Å². The van der Waals surface area contributed by atoms with Gasteiger partial charge in [0.05, 0.1) is 13.7 Å². The molecule has 0 spiro atoms. The van der Waals surface area contributed by atoms with Crippen LogP contribution in [0.1, 0.15) is 38.5 Å². The average molecular weight is 201 g/mol. The van der Waals surface area contributed by atoms with E-state index in [4.69, 9.17) is 5.73 Å². The SMILES string of the molecule is COC(=O)CCCCCCC(=O)CN. The van der Waals surface area contributed by atoms with Crippen LogP contribution in [0, 0.1) is 0 Å². The molecule has 0 aromatic carbocycles. The Morgan fingerprint density at radius 1 is 1.07 bits per heavy atom. The number of carbonyl (C=O) groups is 2. The summed E-state index contributed by atoms with van der Waals surface area (Å²) in [5, 5.41) is 0.